The molecule has 0 radical (unpaired) electrons. The maximum absolute atomic E-state index is 13.1. The van der Waals surface area contributed by atoms with Gasteiger partial charge in [0.2, 0.25) is 5.91 Å². The van der Waals surface area contributed by atoms with Crippen molar-refractivity contribution in [2.45, 2.75) is 97.7 Å². The van der Waals surface area contributed by atoms with Gasteiger partial charge >= 0.3 is 17.8 Å². The van der Waals surface area contributed by atoms with Crippen molar-refractivity contribution in [2.75, 3.05) is 38.1 Å². The van der Waals surface area contributed by atoms with Crippen LogP contribution in [-0.4, -0.2) is 95.7 Å². The first-order valence-corrected chi connectivity index (χ1v) is 18.9. The third kappa shape index (κ3) is 10.5. The number of alkyl carbamates (subject to hydrolysis) is 1. The topological polar surface area (TPSA) is 144 Å². The van der Waals surface area contributed by atoms with E-state index in [0.29, 0.717) is 18.0 Å². The van der Waals surface area contributed by atoms with Crippen molar-refractivity contribution in [1.29, 1.82) is 0 Å². The number of aromatic nitrogens is 2. The van der Waals surface area contributed by atoms with Crippen LogP contribution in [0.25, 0.3) is 5.69 Å². The number of carbonyl (C=O) groups excluding carboxylic acids is 3. The number of amides is 4. The van der Waals surface area contributed by atoms with Gasteiger partial charge in [0, 0.05) is 32.4 Å². The van der Waals surface area contributed by atoms with Crippen LogP contribution in [0.3, 0.4) is 0 Å². The molecular formula is C33H52N6O7Si. The summed E-state index contributed by atoms with van der Waals surface area (Å²) < 4.78 is 18.9. The molecule has 47 heavy (non-hydrogen) atoms. The van der Waals surface area contributed by atoms with Gasteiger partial charge in [-0.3, -0.25) is 14.7 Å². The van der Waals surface area contributed by atoms with Crippen molar-refractivity contribution in [3.63, 3.8) is 0 Å². The second-order valence-corrected chi connectivity index (χ2v) is 19.7. The summed E-state index contributed by atoms with van der Waals surface area (Å²) in [5.41, 5.74) is -1.83. The minimum Gasteiger partial charge on any atom is -0.488 e. The molecule has 1 saturated heterocycles. The third-order valence-corrected chi connectivity index (χ3v) is 12.7. The first kappa shape index (κ1) is 37.5. The van der Waals surface area contributed by atoms with Crippen LogP contribution in [0.2, 0.25) is 18.1 Å². The lowest BCUT2D eigenvalue weighted by Crippen LogP contribution is -2.60. The van der Waals surface area contributed by atoms with Crippen LogP contribution >= 0.6 is 0 Å². The van der Waals surface area contributed by atoms with Gasteiger partial charge in [0.25, 0.3) is 0 Å². The van der Waals surface area contributed by atoms with Gasteiger partial charge in [-0.05, 0) is 90.0 Å². The molecule has 1 fully saturated rings. The number of anilines is 1. The average Bonchev–Trinajstić information content (AvgIpc) is 2.94. The molecule has 2 aromatic rings. The minimum absolute atomic E-state index is 0.118. The highest BCUT2D eigenvalue weighted by Gasteiger charge is 2.38. The number of ether oxygens (including phenoxy) is 2. The summed E-state index contributed by atoms with van der Waals surface area (Å²) in [6, 6.07) is 8.24. The first-order valence-electron chi connectivity index (χ1n) is 16.0. The van der Waals surface area contributed by atoms with Crippen molar-refractivity contribution in [3.05, 3.63) is 47.0 Å². The van der Waals surface area contributed by atoms with Crippen LogP contribution in [0.5, 0.6) is 5.75 Å². The molecule has 1 aromatic heterocycles. The van der Waals surface area contributed by atoms with Gasteiger partial charge in [0.1, 0.15) is 28.8 Å². The van der Waals surface area contributed by atoms with Crippen LogP contribution in [-0.2, 0) is 14.0 Å². The summed E-state index contributed by atoms with van der Waals surface area (Å²) in [4.78, 5) is 58.3. The Morgan fingerprint density at radius 2 is 1.49 bits per heavy atom. The van der Waals surface area contributed by atoms with E-state index in [-0.39, 0.29) is 49.0 Å². The molecule has 13 nitrogen and oxygen atoms in total. The molecule has 0 aliphatic carbocycles. The fourth-order valence-corrected chi connectivity index (χ4v) is 5.56. The smallest absolute Gasteiger partial charge is 0.408 e. The molecule has 0 bridgehead atoms. The number of nitrogens with one attached hydrogen (secondary N) is 2. The zero-order chi connectivity index (χ0) is 35.4. The van der Waals surface area contributed by atoms with E-state index < -0.39 is 37.3 Å². The summed E-state index contributed by atoms with van der Waals surface area (Å²) in [6.07, 6.45) is 0.730. The van der Waals surface area contributed by atoms with Gasteiger partial charge in [-0.25, -0.2) is 14.4 Å². The van der Waals surface area contributed by atoms with Gasteiger partial charge in [-0.15, -0.1) is 0 Å². The summed E-state index contributed by atoms with van der Waals surface area (Å²) in [6.45, 7) is 23.0. The van der Waals surface area contributed by atoms with E-state index in [2.05, 4.69) is 49.5 Å². The van der Waals surface area contributed by atoms with Crippen molar-refractivity contribution in [3.8, 4) is 11.4 Å². The van der Waals surface area contributed by atoms with Gasteiger partial charge in [0.05, 0.1) is 12.3 Å². The molecule has 3 rings (SSSR count). The zero-order valence-corrected chi connectivity index (χ0v) is 30.7. The van der Waals surface area contributed by atoms with Crippen LogP contribution < -0.4 is 21.1 Å². The van der Waals surface area contributed by atoms with Gasteiger partial charge in [0.15, 0.2) is 8.32 Å². The molecule has 2 heterocycles. The molecule has 14 heteroatoms. The number of piperazine rings is 1. The molecule has 1 aliphatic heterocycles. The average molecular weight is 673 g/mol. The predicted octanol–water partition coefficient (Wildman–Crippen LogP) is 5.00. The summed E-state index contributed by atoms with van der Waals surface area (Å²) in [5, 5.41) is 5.42. The van der Waals surface area contributed by atoms with Gasteiger partial charge in [-0.2, -0.15) is 4.98 Å². The maximum Gasteiger partial charge on any atom is 0.408 e. The van der Waals surface area contributed by atoms with E-state index in [1.165, 1.54) is 4.57 Å². The Hall–Kier alpha value is -3.91. The van der Waals surface area contributed by atoms with E-state index in [1.807, 2.05) is 6.92 Å². The summed E-state index contributed by atoms with van der Waals surface area (Å²) >= 11 is 0. The SMILES string of the molecule is CC(CO[Si](C)(C)C(C)(C)C)Oc1ccc(-n2ccc(NC(=O)N3CCN(C(=O)C(C)(C)NC(=O)OC(C)(C)C)CC3)nc2=O)cc1. The highest BCUT2D eigenvalue weighted by Crippen LogP contribution is 2.36. The molecular weight excluding hydrogens is 620 g/mol. The minimum atomic E-state index is -1.88. The quantitative estimate of drug-likeness (QED) is 0.354. The highest BCUT2D eigenvalue weighted by atomic mass is 28.4. The summed E-state index contributed by atoms with van der Waals surface area (Å²) in [7, 11) is -1.88. The lowest BCUT2D eigenvalue weighted by atomic mass is 10.0. The molecule has 1 aliphatic rings. The molecule has 260 valence electrons. The van der Waals surface area contributed by atoms with E-state index in [9.17, 15) is 19.2 Å². The molecule has 0 spiro atoms. The molecule has 2 N–H and O–H groups in total. The number of urea groups is 1. The second-order valence-electron chi connectivity index (χ2n) is 14.9. The van der Waals surface area contributed by atoms with Crippen molar-refractivity contribution in [2.24, 2.45) is 0 Å². The highest BCUT2D eigenvalue weighted by molar-refractivity contribution is 6.74. The third-order valence-electron chi connectivity index (χ3n) is 8.18. The van der Waals surface area contributed by atoms with Gasteiger partial charge < -0.3 is 29.0 Å². The Bertz CT molecular complexity index is 1470. The zero-order valence-electron chi connectivity index (χ0n) is 29.7. The first-order chi connectivity index (χ1) is 21.6. The lowest BCUT2D eigenvalue weighted by Gasteiger charge is -2.38. The molecule has 4 amide bonds. The fraction of sp³-hybridized carbons (Fsp3) is 0.606. The Kier molecular flexibility index (Phi) is 11.6. The van der Waals surface area contributed by atoms with Crippen molar-refractivity contribution < 1.29 is 28.3 Å². The van der Waals surface area contributed by atoms with Crippen molar-refractivity contribution in [1.82, 2.24) is 24.7 Å². The van der Waals surface area contributed by atoms with E-state index in [4.69, 9.17) is 13.9 Å². The Morgan fingerprint density at radius 3 is 2.02 bits per heavy atom. The molecule has 1 unspecified atom stereocenters. The van der Waals surface area contributed by atoms with E-state index in [1.54, 1.807) is 80.9 Å². The van der Waals surface area contributed by atoms with Crippen LogP contribution in [0.1, 0.15) is 62.3 Å². The van der Waals surface area contributed by atoms with Crippen molar-refractivity contribution >= 4 is 32.2 Å². The lowest BCUT2D eigenvalue weighted by molar-refractivity contribution is -0.138. The second kappa shape index (κ2) is 14.5. The molecule has 1 atom stereocenters. The maximum atomic E-state index is 13.1. The largest absolute Gasteiger partial charge is 0.488 e. The predicted molar refractivity (Wildman–Crippen MR) is 184 cm³/mol. The van der Waals surface area contributed by atoms with Crippen LogP contribution in [0.4, 0.5) is 15.4 Å². The Morgan fingerprint density at radius 1 is 0.915 bits per heavy atom. The molecule has 0 saturated carbocycles. The Balaban J connectivity index is 1.52. The van der Waals surface area contributed by atoms with Gasteiger partial charge in [-0.1, -0.05) is 20.8 Å². The molecule has 1 aromatic carbocycles. The number of carbonyl (C=O) groups is 3. The van der Waals surface area contributed by atoms with E-state index >= 15 is 0 Å². The number of benzene rings is 1. The number of hydrogen-bond donors (Lipinski definition) is 2. The van der Waals surface area contributed by atoms with Crippen LogP contribution in [0, 0.1) is 0 Å². The standard InChI is InChI=1S/C33H52N6O7Si/c1-23(22-44-47(10,11)32(5,6)7)45-25-14-12-24(13-15-25)39-17-16-26(35-29(39)42)34-28(41)38-20-18-37(19-21-38)27(40)33(8,9)36-30(43)46-31(2,3)4/h12-17,23H,18-22H2,1-11H3,(H,36,43)(H,34,35,41,42). The number of rotatable bonds is 9. The Labute approximate surface area is 279 Å². The van der Waals surface area contributed by atoms with E-state index in [0.717, 1.165) is 0 Å². The fourth-order valence-electron chi connectivity index (χ4n) is 4.47. The number of nitrogens with zero attached hydrogens (tertiary/aromatic N) is 4. The normalized spacial score (nSPS) is 15.1. The monoisotopic (exact) mass is 672 g/mol. The van der Waals surface area contributed by atoms with Crippen LogP contribution in [0.15, 0.2) is 41.3 Å². The number of hydrogen-bond acceptors (Lipinski definition) is 8. The summed E-state index contributed by atoms with van der Waals surface area (Å²) in [5.74, 6) is 0.501.